The van der Waals surface area contributed by atoms with Crippen molar-refractivity contribution >= 4 is 0 Å². The Morgan fingerprint density at radius 2 is 1.95 bits per heavy atom. The number of hydrogen-bond donors (Lipinski definition) is 1. The number of ether oxygens (including phenoxy) is 2. The summed E-state index contributed by atoms with van der Waals surface area (Å²) in [5.74, 6) is 0.389. The minimum Gasteiger partial charge on any atom is -0.493 e. The molecule has 0 heterocycles. The minimum absolute atomic E-state index is 0.0744. The van der Waals surface area contributed by atoms with Crippen LogP contribution in [0.4, 0.5) is 8.78 Å². The molecule has 0 aliphatic heterocycles. The molecule has 1 atom stereocenters. The van der Waals surface area contributed by atoms with E-state index in [1.54, 1.807) is 12.1 Å². The van der Waals surface area contributed by atoms with Crippen LogP contribution in [-0.2, 0) is 6.54 Å². The van der Waals surface area contributed by atoms with Gasteiger partial charge in [0.05, 0.1) is 7.11 Å². The molecule has 1 unspecified atom stereocenters. The van der Waals surface area contributed by atoms with Crippen LogP contribution in [0.15, 0.2) is 18.2 Å². The quantitative estimate of drug-likeness (QED) is 0.745. The van der Waals surface area contributed by atoms with Gasteiger partial charge in [-0.2, -0.15) is 8.78 Å². The minimum atomic E-state index is -2.85. The van der Waals surface area contributed by atoms with Gasteiger partial charge in [-0.05, 0) is 30.5 Å². The van der Waals surface area contributed by atoms with E-state index in [0.717, 1.165) is 24.8 Å². The molecule has 0 saturated heterocycles. The van der Waals surface area contributed by atoms with Gasteiger partial charge < -0.3 is 14.8 Å². The predicted octanol–water partition coefficient (Wildman–Crippen LogP) is 3.96. The highest BCUT2D eigenvalue weighted by Gasteiger charge is 2.12. The van der Waals surface area contributed by atoms with Gasteiger partial charge in [-0.3, -0.25) is 0 Å². The highest BCUT2D eigenvalue weighted by atomic mass is 19.3. The number of alkyl halides is 2. The second kappa shape index (κ2) is 8.74. The van der Waals surface area contributed by atoms with E-state index in [1.165, 1.54) is 7.11 Å². The van der Waals surface area contributed by atoms with Crippen LogP contribution in [0, 0.1) is 0 Å². The van der Waals surface area contributed by atoms with E-state index < -0.39 is 6.61 Å². The number of halogens is 2. The molecule has 0 aromatic heterocycles. The SMILES string of the molecule is CCCC(CC)NCc1ccc(OC)c(OC(F)F)c1. The molecule has 3 nitrogen and oxygen atoms in total. The van der Waals surface area contributed by atoms with E-state index in [-0.39, 0.29) is 5.75 Å². The summed E-state index contributed by atoms with van der Waals surface area (Å²) in [5, 5.41) is 3.42. The zero-order valence-corrected chi connectivity index (χ0v) is 12.3. The molecule has 0 fully saturated rings. The normalized spacial score (nSPS) is 12.5. The van der Waals surface area contributed by atoms with Crippen LogP contribution in [-0.4, -0.2) is 19.8 Å². The van der Waals surface area contributed by atoms with Crippen LogP contribution in [0.3, 0.4) is 0 Å². The molecule has 0 spiro atoms. The maximum absolute atomic E-state index is 12.3. The van der Waals surface area contributed by atoms with E-state index in [9.17, 15) is 8.78 Å². The molecular formula is C15H23F2NO2. The van der Waals surface area contributed by atoms with Gasteiger partial charge in [-0.1, -0.05) is 26.3 Å². The molecule has 114 valence electrons. The number of methoxy groups -OCH3 is 1. The highest BCUT2D eigenvalue weighted by Crippen LogP contribution is 2.29. The molecule has 1 aromatic carbocycles. The summed E-state index contributed by atoms with van der Waals surface area (Å²) in [6, 6.07) is 5.54. The molecule has 20 heavy (non-hydrogen) atoms. The van der Waals surface area contributed by atoms with E-state index >= 15 is 0 Å². The van der Waals surface area contributed by atoms with Gasteiger partial charge in [0.25, 0.3) is 0 Å². The topological polar surface area (TPSA) is 30.5 Å². The molecule has 1 rings (SSSR count). The Labute approximate surface area is 119 Å². The van der Waals surface area contributed by atoms with Gasteiger partial charge in [0.2, 0.25) is 0 Å². The summed E-state index contributed by atoms with van der Waals surface area (Å²) < 4.78 is 34.2. The van der Waals surface area contributed by atoms with Gasteiger partial charge in [0.1, 0.15) is 0 Å². The Morgan fingerprint density at radius 3 is 2.50 bits per heavy atom. The third kappa shape index (κ3) is 5.33. The fourth-order valence-electron chi connectivity index (χ4n) is 2.08. The summed E-state index contributed by atoms with van der Waals surface area (Å²) in [4.78, 5) is 0. The summed E-state index contributed by atoms with van der Waals surface area (Å²) in [5.41, 5.74) is 0.899. The van der Waals surface area contributed by atoms with Crippen LogP contribution in [0.2, 0.25) is 0 Å². The van der Waals surface area contributed by atoms with Crippen molar-refractivity contribution in [2.45, 2.75) is 52.3 Å². The van der Waals surface area contributed by atoms with Gasteiger partial charge in [-0.15, -0.1) is 0 Å². The average molecular weight is 287 g/mol. The van der Waals surface area contributed by atoms with Crippen molar-refractivity contribution in [1.29, 1.82) is 0 Å². The first-order valence-corrected chi connectivity index (χ1v) is 6.95. The fourth-order valence-corrected chi connectivity index (χ4v) is 2.08. The first-order chi connectivity index (χ1) is 9.60. The van der Waals surface area contributed by atoms with Crippen LogP contribution in [0.25, 0.3) is 0 Å². The van der Waals surface area contributed by atoms with Crippen molar-refractivity contribution in [3.8, 4) is 11.5 Å². The standard InChI is InChI=1S/C15H23F2NO2/c1-4-6-12(5-2)18-10-11-7-8-13(19-3)14(9-11)20-15(16)17/h7-9,12,15,18H,4-6,10H2,1-3H3. The van der Waals surface area contributed by atoms with E-state index in [4.69, 9.17) is 4.74 Å². The lowest BCUT2D eigenvalue weighted by molar-refractivity contribution is -0.0512. The summed E-state index contributed by atoms with van der Waals surface area (Å²) >= 11 is 0. The van der Waals surface area contributed by atoms with Crippen molar-refractivity contribution in [2.75, 3.05) is 7.11 Å². The van der Waals surface area contributed by atoms with Crippen molar-refractivity contribution in [3.05, 3.63) is 23.8 Å². The number of rotatable bonds is 9. The Kier molecular flexibility index (Phi) is 7.30. The number of nitrogens with one attached hydrogen (secondary N) is 1. The third-order valence-electron chi connectivity index (χ3n) is 3.17. The molecule has 0 aliphatic rings. The largest absolute Gasteiger partial charge is 0.493 e. The first kappa shape index (κ1) is 16.7. The third-order valence-corrected chi connectivity index (χ3v) is 3.17. The van der Waals surface area contributed by atoms with E-state index in [1.807, 2.05) is 6.07 Å². The molecule has 1 aromatic rings. The zero-order chi connectivity index (χ0) is 15.0. The molecule has 0 amide bonds. The first-order valence-electron chi connectivity index (χ1n) is 6.95. The molecule has 0 bridgehead atoms. The highest BCUT2D eigenvalue weighted by molar-refractivity contribution is 5.43. The molecule has 0 radical (unpaired) electrons. The lowest BCUT2D eigenvalue weighted by Crippen LogP contribution is -2.27. The molecule has 5 heteroatoms. The van der Waals surface area contributed by atoms with E-state index in [0.29, 0.717) is 18.3 Å². The zero-order valence-electron chi connectivity index (χ0n) is 12.3. The molecule has 0 aliphatic carbocycles. The van der Waals surface area contributed by atoms with Gasteiger partial charge in [0.15, 0.2) is 11.5 Å². The van der Waals surface area contributed by atoms with Crippen LogP contribution < -0.4 is 14.8 Å². The summed E-state index contributed by atoms with van der Waals surface area (Å²) in [6.07, 6.45) is 3.27. The van der Waals surface area contributed by atoms with Crippen LogP contribution >= 0.6 is 0 Å². The average Bonchev–Trinajstić information content (AvgIpc) is 2.43. The van der Waals surface area contributed by atoms with Gasteiger partial charge >= 0.3 is 6.61 Å². The number of hydrogen-bond acceptors (Lipinski definition) is 3. The number of benzene rings is 1. The maximum atomic E-state index is 12.3. The monoisotopic (exact) mass is 287 g/mol. The van der Waals surface area contributed by atoms with E-state index in [2.05, 4.69) is 23.9 Å². The predicted molar refractivity (Wildman–Crippen MR) is 75.5 cm³/mol. The molecule has 1 N–H and O–H groups in total. The van der Waals surface area contributed by atoms with Crippen molar-refractivity contribution < 1.29 is 18.3 Å². The molecular weight excluding hydrogens is 264 g/mol. The second-order valence-electron chi connectivity index (χ2n) is 4.64. The van der Waals surface area contributed by atoms with Crippen molar-refractivity contribution in [3.63, 3.8) is 0 Å². The summed E-state index contributed by atoms with van der Waals surface area (Å²) in [6.45, 7) is 2.05. The Hall–Kier alpha value is -1.36. The van der Waals surface area contributed by atoms with Gasteiger partial charge in [-0.25, -0.2) is 0 Å². The lowest BCUT2D eigenvalue weighted by atomic mass is 10.1. The van der Waals surface area contributed by atoms with Crippen molar-refractivity contribution in [2.24, 2.45) is 0 Å². The Morgan fingerprint density at radius 1 is 1.20 bits per heavy atom. The van der Waals surface area contributed by atoms with Crippen LogP contribution in [0.1, 0.15) is 38.7 Å². The smallest absolute Gasteiger partial charge is 0.387 e. The van der Waals surface area contributed by atoms with Crippen molar-refractivity contribution in [1.82, 2.24) is 5.32 Å². The Balaban J connectivity index is 2.70. The second-order valence-corrected chi connectivity index (χ2v) is 4.64. The Bertz CT molecular complexity index is 399. The fraction of sp³-hybridized carbons (Fsp3) is 0.600. The maximum Gasteiger partial charge on any atom is 0.387 e. The molecule has 0 saturated carbocycles. The van der Waals surface area contributed by atoms with Crippen LogP contribution in [0.5, 0.6) is 11.5 Å². The van der Waals surface area contributed by atoms with Gasteiger partial charge in [0, 0.05) is 12.6 Å². The lowest BCUT2D eigenvalue weighted by Gasteiger charge is -2.17. The summed E-state index contributed by atoms with van der Waals surface area (Å²) in [7, 11) is 1.43.